The Hall–Kier alpha value is -1.06. The second kappa shape index (κ2) is 3.83. The van der Waals surface area contributed by atoms with E-state index < -0.39 is 5.60 Å². The molecule has 0 atom stereocenters. The predicted octanol–water partition coefficient (Wildman–Crippen LogP) is 1.18. The maximum absolute atomic E-state index is 10.5. The van der Waals surface area contributed by atoms with Crippen LogP contribution in [0, 0.1) is 0 Å². The number of nitrogens with zero attached hydrogens (tertiary/aromatic N) is 1. The van der Waals surface area contributed by atoms with Gasteiger partial charge in [-0.05, 0) is 37.6 Å². The quantitative estimate of drug-likeness (QED) is 0.678. The van der Waals surface area contributed by atoms with Crippen LogP contribution in [0.25, 0.3) is 0 Å². The van der Waals surface area contributed by atoms with Crippen molar-refractivity contribution in [2.75, 3.05) is 25.9 Å². The Labute approximate surface area is 90.5 Å². The van der Waals surface area contributed by atoms with E-state index in [-0.39, 0.29) is 0 Å². The first kappa shape index (κ1) is 10.5. The fourth-order valence-electron chi connectivity index (χ4n) is 2.07. The summed E-state index contributed by atoms with van der Waals surface area (Å²) in [6, 6.07) is 7.57. The molecule has 1 aromatic carbocycles. The molecule has 15 heavy (non-hydrogen) atoms. The molecule has 0 saturated carbocycles. The van der Waals surface area contributed by atoms with Crippen LogP contribution >= 0.6 is 0 Å². The predicted molar refractivity (Wildman–Crippen MR) is 61.5 cm³/mol. The van der Waals surface area contributed by atoms with Crippen molar-refractivity contribution in [1.29, 1.82) is 0 Å². The minimum absolute atomic E-state index is 0.653. The molecule has 1 aliphatic heterocycles. The van der Waals surface area contributed by atoms with Gasteiger partial charge < -0.3 is 15.7 Å². The summed E-state index contributed by atoms with van der Waals surface area (Å²) in [5.74, 6) is 0. The van der Waals surface area contributed by atoms with Gasteiger partial charge in [0.2, 0.25) is 0 Å². The van der Waals surface area contributed by atoms with Crippen molar-refractivity contribution in [2.45, 2.75) is 18.4 Å². The van der Waals surface area contributed by atoms with Gasteiger partial charge in [-0.3, -0.25) is 0 Å². The number of nitrogens with two attached hydrogens (primary N) is 1. The zero-order chi connectivity index (χ0) is 10.9. The standard InChI is InChI=1S/C12H18N2O/c1-14-8-6-12(15,7-9-14)10-2-4-11(13)5-3-10/h2-5,15H,6-9,13H2,1H3. The molecule has 3 heteroatoms. The lowest BCUT2D eigenvalue weighted by Gasteiger charge is -2.36. The van der Waals surface area contributed by atoms with Crippen LogP contribution in [0.4, 0.5) is 5.69 Å². The summed E-state index contributed by atoms with van der Waals surface area (Å²) in [6.07, 6.45) is 1.60. The first-order valence-electron chi connectivity index (χ1n) is 5.37. The van der Waals surface area contributed by atoms with Crippen LogP contribution in [-0.2, 0) is 5.60 Å². The number of piperidine rings is 1. The van der Waals surface area contributed by atoms with Crippen LogP contribution in [0.1, 0.15) is 18.4 Å². The lowest BCUT2D eigenvalue weighted by Crippen LogP contribution is -2.40. The second-order valence-electron chi connectivity index (χ2n) is 4.46. The summed E-state index contributed by atoms with van der Waals surface area (Å²) in [4.78, 5) is 2.24. The van der Waals surface area contributed by atoms with Gasteiger partial charge in [0.15, 0.2) is 0 Å². The molecule has 1 fully saturated rings. The number of rotatable bonds is 1. The number of nitrogen functional groups attached to an aromatic ring is 1. The van der Waals surface area contributed by atoms with E-state index in [2.05, 4.69) is 11.9 Å². The third-order valence-electron chi connectivity index (χ3n) is 3.26. The smallest absolute Gasteiger partial charge is 0.0920 e. The molecule has 3 N–H and O–H groups in total. The summed E-state index contributed by atoms with van der Waals surface area (Å²) in [7, 11) is 2.09. The van der Waals surface area contributed by atoms with Crippen molar-refractivity contribution in [1.82, 2.24) is 4.90 Å². The van der Waals surface area contributed by atoms with Crippen LogP contribution in [0.3, 0.4) is 0 Å². The normalized spacial score (nSPS) is 21.5. The van der Waals surface area contributed by atoms with E-state index in [1.54, 1.807) is 0 Å². The van der Waals surface area contributed by atoms with E-state index in [4.69, 9.17) is 5.73 Å². The number of hydrogen-bond acceptors (Lipinski definition) is 3. The van der Waals surface area contributed by atoms with Crippen molar-refractivity contribution in [3.05, 3.63) is 29.8 Å². The van der Waals surface area contributed by atoms with Gasteiger partial charge in [-0.1, -0.05) is 12.1 Å². The van der Waals surface area contributed by atoms with Gasteiger partial charge >= 0.3 is 0 Å². The lowest BCUT2D eigenvalue weighted by molar-refractivity contribution is -0.0202. The maximum Gasteiger partial charge on any atom is 0.0920 e. The molecule has 0 amide bonds. The Morgan fingerprint density at radius 3 is 2.27 bits per heavy atom. The molecule has 1 saturated heterocycles. The highest BCUT2D eigenvalue weighted by Crippen LogP contribution is 2.32. The average molecular weight is 206 g/mol. The molecule has 3 nitrogen and oxygen atoms in total. The number of hydrogen-bond donors (Lipinski definition) is 2. The molecule has 0 radical (unpaired) electrons. The van der Waals surface area contributed by atoms with E-state index in [0.29, 0.717) is 0 Å². The average Bonchev–Trinajstić information content (AvgIpc) is 2.24. The topological polar surface area (TPSA) is 49.5 Å². The molecule has 1 heterocycles. The SMILES string of the molecule is CN1CCC(O)(c2ccc(N)cc2)CC1. The van der Waals surface area contributed by atoms with Gasteiger partial charge in [-0.25, -0.2) is 0 Å². The summed E-state index contributed by atoms with van der Waals surface area (Å²) in [6.45, 7) is 1.89. The molecule has 1 aromatic rings. The molecule has 2 rings (SSSR count). The Bertz CT molecular complexity index is 326. The minimum atomic E-state index is -0.653. The summed E-state index contributed by atoms with van der Waals surface area (Å²) in [5.41, 5.74) is 6.72. The number of anilines is 1. The van der Waals surface area contributed by atoms with Gasteiger partial charge in [-0.15, -0.1) is 0 Å². The van der Waals surface area contributed by atoms with E-state index in [0.717, 1.165) is 37.2 Å². The minimum Gasteiger partial charge on any atom is -0.399 e. The molecule has 1 aliphatic rings. The third-order valence-corrected chi connectivity index (χ3v) is 3.26. The number of benzene rings is 1. The molecule has 82 valence electrons. The zero-order valence-electron chi connectivity index (χ0n) is 9.11. The van der Waals surface area contributed by atoms with Gasteiger partial charge in [0.1, 0.15) is 0 Å². The molecule has 0 aromatic heterocycles. The largest absolute Gasteiger partial charge is 0.399 e. The van der Waals surface area contributed by atoms with Crippen molar-refractivity contribution in [3.8, 4) is 0 Å². The fraction of sp³-hybridized carbons (Fsp3) is 0.500. The van der Waals surface area contributed by atoms with Crippen LogP contribution < -0.4 is 5.73 Å². The number of likely N-dealkylation sites (tertiary alicyclic amines) is 1. The van der Waals surface area contributed by atoms with Crippen LogP contribution in [0.5, 0.6) is 0 Å². The van der Waals surface area contributed by atoms with Crippen LogP contribution in [0.15, 0.2) is 24.3 Å². The molecule has 0 aliphatic carbocycles. The van der Waals surface area contributed by atoms with Crippen molar-refractivity contribution in [3.63, 3.8) is 0 Å². The van der Waals surface area contributed by atoms with Crippen molar-refractivity contribution >= 4 is 5.69 Å². The van der Waals surface area contributed by atoms with Gasteiger partial charge in [0.05, 0.1) is 5.60 Å². The highest BCUT2D eigenvalue weighted by atomic mass is 16.3. The summed E-state index contributed by atoms with van der Waals surface area (Å²) < 4.78 is 0. The Morgan fingerprint density at radius 2 is 1.73 bits per heavy atom. The van der Waals surface area contributed by atoms with Crippen molar-refractivity contribution < 1.29 is 5.11 Å². The van der Waals surface area contributed by atoms with Crippen molar-refractivity contribution in [2.24, 2.45) is 0 Å². The fourth-order valence-corrected chi connectivity index (χ4v) is 2.07. The molecular formula is C12H18N2O. The van der Waals surface area contributed by atoms with E-state index in [1.807, 2.05) is 24.3 Å². The zero-order valence-corrected chi connectivity index (χ0v) is 9.11. The first-order chi connectivity index (χ1) is 7.10. The van der Waals surface area contributed by atoms with Crippen LogP contribution in [0.2, 0.25) is 0 Å². The van der Waals surface area contributed by atoms with Gasteiger partial charge in [0.25, 0.3) is 0 Å². The molecule has 0 bridgehead atoms. The van der Waals surface area contributed by atoms with E-state index >= 15 is 0 Å². The third kappa shape index (κ3) is 2.13. The highest BCUT2D eigenvalue weighted by molar-refractivity contribution is 5.41. The van der Waals surface area contributed by atoms with E-state index in [1.165, 1.54) is 0 Å². The summed E-state index contributed by atoms with van der Waals surface area (Å²) >= 11 is 0. The van der Waals surface area contributed by atoms with Gasteiger partial charge in [-0.2, -0.15) is 0 Å². The number of aliphatic hydroxyl groups is 1. The monoisotopic (exact) mass is 206 g/mol. The first-order valence-corrected chi connectivity index (χ1v) is 5.37. The Morgan fingerprint density at radius 1 is 1.20 bits per heavy atom. The van der Waals surface area contributed by atoms with E-state index in [9.17, 15) is 5.11 Å². The molecular weight excluding hydrogens is 188 g/mol. The van der Waals surface area contributed by atoms with Gasteiger partial charge in [0, 0.05) is 18.8 Å². The maximum atomic E-state index is 10.5. The second-order valence-corrected chi connectivity index (χ2v) is 4.46. The summed E-state index contributed by atoms with van der Waals surface area (Å²) in [5, 5.41) is 10.5. The molecule has 0 spiro atoms. The lowest BCUT2D eigenvalue weighted by atomic mass is 9.84. The van der Waals surface area contributed by atoms with Crippen LogP contribution in [-0.4, -0.2) is 30.1 Å². The molecule has 0 unspecified atom stereocenters. The Kier molecular flexibility index (Phi) is 2.67. The Balaban J connectivity index is 2.18. The highest BCUT2D eigenvalue weighted by Gasteiger charge is 2.32.